The van der Waals surface area contributed by atoms with Crippen molar-refractivity contribution in [2.45, 2.75) is 32.3 Å². The number of ketones is 2. The Labute approximate surface area is 175 Å². The molecule has 0 aliphatic heterocycles. The van der Waals surface area contributed by atoms with Gasteiger partial charge < -0.3 is 4.74 Å². The van der Waals surface area contributed by atoms with Crippen LogP contribution in [-0.4, -0.2) is 23.6 Å². The van der Waals surface area contributed by atoms with Crippen LogP contribution >= 0.6 is 0 Å². The van der Waals surface area contributed by atoms with Crippen LogP contribution in [0.1, 0.15) is 61.1 Å². The maximum absolute atomic E-state index is 12.7. The van der Waals surface area contributed by atoms with Gasteiger partial charge in [0.15, 0.2) is 11.9 Å². The molecule has 0 saturated carbocycles. The topological polar surface area (TPSA) is 60.4 Å². The lowest BCUT2D eigenvalue weighted by molar-refractivity contribution is 0.0318. The summed E-state index contributed by atoms with van der Waals surface area (Å²) in [6, 6.07) is 21.0. The van der Waals surface area contributed by atoms with E-state index in [2.05, 4.69) is 0 Å². The minimum atomic E-state index is -0.886. The summed E-state index contributed by atoms with van der Waals surface area (Å²) < 4.78 is 5.38. The SMILES string of the molecule is C[C@H](OC(=O)c1ccc(C(=O)c2ccccc2)cc1)C(=O)c1ccc2c(c1)CCC2. The summed E-state index contributed by atoms with van der Waals surface area (Å²) >= 11 is 0. The first kappa shape index (κ1) is 19.8. The maximum Gasteiger partial charge on any atom is 0.338 e. The molecule has 0 saturated heterocycles. The number of carbonyl (C=O) groups excluding carboxylic acids is 3. The molecule has 0 amide bonds. The van der Waals surface area contributed by atoms with Crippen LogP contribution in [-0.2, 0) is 17.6 Å². The fraction of sp³-hybridized carbons (Fsp3) is 0.192. The zero-order valence-corrected chi connectivity index (χ0v) is 16.8. The van der Waals surface area contributed by atoms with Gasteiger partial charge in [-0.25, -0.2) is 4.79 Å². The number of hydrogen-bond acceptors (Lipinski definition) is 4. The van der Waals surface area contributed by atoms with Crippen molar-refractivity contribution in [3.8, 4) is 0 Å². The van der Waals surface area contributed by atoms with Crippen LogP contribution in [0.2, 0.25) is 0 Å². The highest BCUT2D eigenvalue weighted by Gasteiger charge is 2.22. The van der Waals surface area contributed by atoms with Gasteiger partial charge in [-0.2, -0.15) is 0 Å². The Morgan fingerprint density at radius 2 is 1.33 bits per heavy atom. The molecule has 0 radical (unpaired) electrons. The van der Waals surface area contributed by atoms with Crippen LogP contribution in [0.3, 0.4) is 0 Å². The lowest BCUT2D eigenvalue weighted by Gasteiger charge is -2.13. The number of ether oxygens (including phenoxy) is 1. The van der Waals surface area contributed by atoms with Gasteiger partial charge in [0.05, 0.1) is 5.56 Å². The van der Waals surface area contributed by atoms with E-state index in [1.807, 2.05) is 18.2 Å². The van der Waals surface area contributed by atoms with Crippen molar-refractivity contribution in [1.29, 1.82) is 0 Å². The molecular formula is C26H22O4. The molecule has 1 aliphatic carbocycles. The molecule has 3 aromatic carbocycles. The van der Waals surface area contributed by atoms with Crippen LogP contribution in [0, 0.1) is 0 Å². The molecule has 0 bridgehead atoms. The van der Waals surface area contributed by atoms with Crippen molar-refractivity contribution in [3.63, 3.8) is 0 Å². The zero-order valence-electron chi connectivity index (χ0n) is 16.8. The smallest absolute Gasteiger partial charge is 0.338 e. The summed E-state index contributed by atoms with van der Waals surface area (Å²) in [5.74, 6) is -0.916. The van der Waals surface area contributed by atoms with Gasteiger partial charge in [-0.05, 0) is 55.5 Å². The summed E-state index contributed by atoms with van der Waals surface area (Å²) in [6.07, 6.45) is 2.26. The molecule has 1 atom stereocenters. The molecule has 4 rings (SSSR count). The van der Waals surface area contributed by atoms with Crippen molar-refractivity contribution in [2.75, 3.05) is 0 Å². The van der Waals surface area contributed by atoms with E-state index >= 15 is 0 Å². The van der Waals surface area contributed by atoms with Gasteiger partial charge >= 0.3 is 5.97 Å². The van der Waals surface area contributed by atoms with Crippen molar-refractivity contribution < 1.29 is 19.1 Å². The molecule has 4 heteroatoms. The number of Topliss-reactive ketones (excluding diaryl/α,β-unsaturated/α-hetero) is 1. The number of aryl methyl sites for hydroxylation is 2. The minimum absolute atomic E-state index is 0.115. The second kappa shape index (κ2) is 8.46. The summed E-state index contributed by atoms with van der Waals surface area (Å²) in [5, 5.41) is 0. The molecular weight excluding hydrogens is 376 g/mol. The predicted molar refractivity (Wildman–Crippen MR) is 114 cm³/mol. The molecule has 0 N–H and O–H groups in total. The normalized spacial score (nSPS) is 13.4. The molecule has 30 heavy (non-hydrogen) atoms. The highest BCUT2D eigenvalue weighted by Crippen LogP contribution is 2.24. The first-order valence-corrected chi connectivity index (χ1v) is 10.1. The molecule has 0 fully saturated rings. The van der Waals surface area contributed by atoms with Gasteiger partial charge in [-0.1, -0.05) is 54.6 Å². The van der Waals surface area contributed by atoms with Crippen LogP contribution in [0.5, 0.6) is 0 Å². The summed E-state index contributed by atoms with van der Waals surface area (Å²) in [6.45, 7) is 1.58. The van der Waals surface area contributed by atoms with E-state index in [0.717, 1.165) is 19.3 Å². The van der Waals surface area contributed by atoms with E-state index in [1.54, 1.807) is 61.5 Å². The highest BCUT2D eigenvalue weighted by atomic mass is 16.5. The Morgan fingerprint density at radius 3 is 2.07 bits per heavy atom. The molecule has 0 spiro atoms. The standard InChI is InChI=1S/C26H22O4/c1-17(24(27)23-15-10-18-8-5-9-22(18)16-23)30-26(29)21-13-11-20(12-14-21)25(28)19-6-3-2-4-7-19/h2-4,6-7,10-17H,5,8-9H2,1H3/t17-/m0/s1. The Morgan fingerprint density at radius 1 is 0.733 bits per heavy atom. The Bertz CT molecular complexity index is 1100. The number of fused-ring (bicyclic) bond motifs is 1. The Kier molecular flexibility index (Phi) is 5.57. The van der Waals surface area contributed by atoms with Crippen LogP contribution < -0.4 is 0 Å². The third-order valence-corrected chi connectivity index (χ3v) is 5.45. The molecule has 0 heterocycles. The largest absolute Gasteiger partial charge is 0.451 e. The third-order valence-electron chi connectivity index (χ3n) is 5.45. The molecule has 0 unspecified atom stereocenters. The lowest BCUT2D eigenvalue weighted by Crippen LogP contribution is -2.24. The van der Waals surface area contributed by atoms with Crippen molar-refractivity contribution in [1.82, 2.24) is 0 Å². The van der Waals surface area contributed by atoms with Crippen molar-refractivity contribution in [3.05, 3.63) is 106 Å². The average Bonchev–Trinajstić information content (AvgIpc) is 3.26. The minimum Gasteiger partial charge on any atom is -0.451 e. The number of rotatable bonds is 6. The van der Waals surface area contributed by atoms with Gasteiger partial charge in [0.25, 0.3) is 0 Å². The van der Waals surface area contributed by atoms with E-state index < -0.39 is 12.1 Å². The summed E-state index contributed by atoms with van der Waals surface area (Å²) in [5.41, 5.74) is 4.44. The number of carbonyl (C=O) groups is 3. The van der Waals surface area contributed by atoms with Crippen LogP contribution in [0.25, 0.3) is 0 Å². The van der Waals surface area contributed by atoms with Crippen LogP contribution in [0.15, 0.2) is 72.8 Å². The van der Waals surface area contributed by atoms with Gasteiger partial charge in [0.2, 0.25) is 5.78 Å². The number of hydrogen-bond donors (Lipinski definition) is 0. The second-order valence-electron chi connectivity index (χ2n) is 7.52. The third kappa shape index (κ3) is 4.08. The molecule has 3 aromatic rings. The van der Waals surface area contributed by atoms with Gasteiger partial charge in [0.1, 0.15) is 0 Å². The monoisotopic (exact) mass is 398 g/mol. The van der Waals surface area contributed by atoms with E-state index in [4.69, 9.17) is 4.74 Å². The Balaban J connectivity index is 1.42. The van der Waals surface area contributed by atoms with E-state index in [0.29, 0.717) is 22.3 Å². The zero-order chi connectivity index (χ0) is 21.1. The second-order valence-corrected chi connectivity index (χ2v) is 7.52. The van der Waals surface area contributed by atoms with E-state index in [9.17, 15) is 14.4 Å². The van der Waals surface area contributed by atoms with E-state index in [-0.39, 0.29) is 11.6 Å². The quantitative estimate of drug-likeness (QED) is 0.441. The fourth-order valence-corrected chi connectivity index (χ4v) is 3.76. The number of esters is 1. The number of benzene rings is 3. The van der Waals surface area contributed by atoms with Crippen LogP contribution in [0.4, 0.5) is 0 Å². The predicted octanol–water partition coefficient (Wildman–Crippen LogP) is 4.83. The van der Waals surface area contributed by atoms with Crippen molar-refractivity contribution >= 4 is 17.5 Å². The van der Waals surface area contributed by atoms with E-state index in [1.165, 1.54) is 11.1 Å². The van der Waals surface area contributed by atoms with Gasteiger partial charge in [-0.15, -0.1) is 0 Å². The summed E-state index contributed by atoms with van der Waals surface area (Å²) in [7, 11) is 0. The van der Waals surface area contributed by atoms with Gasteiger partial charge in [-0.3, -0.25) is 9.59 Å². The van der Waals surface area contributed by atoms with Crippen molar-refractivity contribution in [2.24, 2.45) is 0 Å². The summed E-state index contributed by atoms with van der Waals surface area (Å²) in [4.78, 5) is 37.6. The molecule has 4 nitrogen and oxygen atoms in total. The maximum atomic E-state index is 12.7. The Hall–Kier alpha value is -3.53. The lowest BCUT2D eigenvalue weighted by atomic mass is 10.0. The van der Waals surface area contributed by atoms with Gasteiger partial charge in [0, 0.05) is 16.7 Å². The first-order valence-electron chi connectivity index (χ1n) is 10.1. The molecule has 150 valence electrons. The molecule has 0 aromatic heterocycles. The first-order chi connectivity index (χ1) is 14.5. The highest BCUT2D eigenvalue weighted by molar-refractivity contribution is 6.09. The fourth-order valence-electron chi connectivity index (χ4n) is 3.76. The average molecular weight is 398 g/mol. The molecule has 1 aliphatic rings.